The van der Waals surface area contributed by atoms with Crippen LogP contribution in [0.15, 0.2) is 31.1 Å². The molecule has 0 spiro atoms. The van der Waals surface area contributed by atoms with Crippen molar-refractivity contribution in [2.75, 3.05) is 7.11 Å². The summed E-state index contributed by atoms with van der Waals surface area (Å²) in [5.41, 5.74) is 0.368. The summed E-state index contributed by atoms with van der Waals surface area (Å²) in [6.07, 6.45) is 10.6. The zero-order valence-electron chi connectivity index (χ0n) is 12.5. The lowest BCUT2D eigenvalue weighted by Crippen LogP contribution is -2.39. The molecule has 7 nitrogen and oxygen atoms in total. The first-order valence-electron chi connectivity index (χ1n) is 7.40. The van der Waals surface area contributed by atoms with Crippen molar-refractivity contribution in [3.8, 4) is 5.82 Å². The normalized spacial score (nSPS) is 21.5. The van der Waals surface area contributed by atoms with Crippen molar-refractivity contribution < 1.29 is 9.53 Å². The summed E-state index contributed by atoms with van der Waals surface area (Å²) in [6, 6.07) is 1.85. The quantitative estimate of drug-likeness (QED) is 0.922. The number of nitrogens with zero attached hydrogens (tertiary/aromatic N) is 4. The molecule has 2 aromatic rings. The number of ether oxygens (including phenoxy) is 1. The summed E-state index contributed by atoms with van der Waals surface area (Å²) < 4.78 is 7.08. The molecule has 0 bridgehead atoms. The fraction of sp³-hybridized carbons (Fsp3) is 0.467. The lowest BCUT2D eigenvalue weighted by molar-refractivity contribution is 0.0598. The molecule has 116 valence electrons. The maximum atomic E-state index is 12.3. The third kappa shape index (κ3) is 3.30. The van der Waals surface area contributed by atoms with Gasteiger partial charge in [-0.2, -0.15) is 0 Å². The van der Waals surface area contributed by atoms with Gasteiger partial charge < -0.3 is 10.1 Å². The van der Waals surface area contributed by atoms with Crippen LogP contribution in [0.5, 0.6) is 0 Å². The molecule has 0 saturated heterocycles. The summed E-state index contributed by atoms with van der Waals surface area (Å²) in [5.74, 6) is 0.463. The van der Waals surface area contributed by atoms with Gasteiger partial charge in [-0.3, -0.25) is 9.36 Å². The van der Waals surface area contributed by atoms with Crippen LogP contribution in [-0.2, 0) is 4.74 Å². The number of nitrogens with one attached hydrogen (secondary N) is 1. The summed E-state index contributed by atoms with van der Waals surface area (Å²) in [4.78, 5) is 24.5. The van der Waals surface area contributed by atoms with E-state index in [4.69, 9.17) is 4.74 Å². The van der Waals surface area contributed by atoms with Gasteiger partial charge in [0.1, 0.15) is 24.2 Å². The van der Waals surface area contributed by atoms with E-state index in [0.717, 1.165) is 25.7 Å². The second-order valence-corrected chi connectivity index (χ2v) is 5.41. The van der Waals surface area contributed by atoms with Crippen molar-refractivity contribution in [3.05, 3.63) is 36.8 Å². The van der Waals surface area contributed by atoms with E-state index in [9.17, 15) is 4.79 Å². The first-order valence-corrected chi connectivity index (χ1v) is 7.40. The van der Waals surface area contributed by atoms with Crippen LogP contribution in [0, 0.1) is 0 Å². The summed E-state index contributed by atoms with van der Waals surface area (Å²) in [7, 11) is 1.74. The van der Waals surface area contributed by atoms with E-state index in [1.807, 2.05) is 0 Å². The maximum absolute atomic E-state index is 12.3. The van der Waals surface area contributed by atoms with Gasteiger partial charge in [-0.15, -0.1) is 0 Å². The average Bonchev–Trinajstić information content (AvgIpc) is 3.10. The van der Waals surface area contributed by atoms with Gasteiger partial charge in [0.25, 0.3) is 5.91 Å². The number of imidazole rings is 1. The molecule has 1 fully saturated rings. The molecular formula is C15H19N5O2. The van der Waals surface area contributed by atoms with Crippen LogP contribution in [0.3, 0.4) is 0 Å². The minimum atomic E-state index is -0.162. The molecule has 1 aliphatic rings. The Kier molecular flexibility index (Phi) is 4.43. The number of hydrogen-bond donors (Lipinski definition) is 1. The van der Waals surface area contributed by atoms with E-state index < -0.39 is 0 Å². The Morgan fingerprint density at radius 2 is 2.14 bits per heavy atom. The molecule has 3 rings (SSSR count). The third-order valence-electron chi connectivity index (χ3n) is 4.00. The first-order chi connectivity index (χ1) is 10.8. The number of carbonyl (C=O) groups excluding carboxylic acids is 1. The monoisotopic (exact) mass is 301 g/mol. The molecule has 1 amide bonds. The Labute approximate surface area is 128 Å². The van der Waals surface area contributed by atoms with Gasteiger partial charge in [0.15, 0.2) is 0 Å². The zero-order valence-corrected chi connectivity index (χ0v) is 12.5. The van der Waals surface area contributed by atoms with Gasteiger partial charge in [0, 0.05) is 31.6 Å². The molecule has 22 heavy (non-hydrogen) atoms. The molecule has 0 atom stereocenters. The van der Waals surface area contributed by atoms with Crippen LogP contribution < -0.4 is 5.32 Å². The van der Waals surface area contributed by atoms with Crippen LogP contribution >= 0.6 is 0 Å². The lowest BCUT2D eigenvalue weighted by atomic mass is 9.93. The van der Waals surface area contributed by atoms with Crippen molar-refractivity contribution in [1.29, 1.82) is 0 Å². The van der Waals surface area contributed by atoms with Crippen LogP contribution in [-0.4, -0.2) is 44.7 Å². The summed E-state index contributed by atoms with van der Waals surface area (Å²) in [5, 5.41) is 3.04. The minimum Gasteiger partial charge on any atom is -0.381 e. The molecule has 0 radical (unpaired) electrons. The number of aromatic nitrogens is 4. The molecule has 7 heteroatoms. The van der Waals surface area contributed by atoms with Crippen LogP contribution in [0.2, 0.25) is 0 Å². The van der Waals surface area contributed by atoms with Crippen molar-refractivity contribution in [2.24, 2.45) is 0 Å². The second kappa shape index (κ2) is 6.65. The lowest BCUT2D eigenvalue weighted by Gasteiger charge is -2.28. The molecule has 2 aromatic heterocycles. The molecular weight excluding hydrogens is 282 g/mol. The van der Waals surface area contributed by atoms with Crippen LogP contribution in [0.4, 0.5) is 0 Å². The number of rotatable bonds is 4. The molecule has 0 unspecified atom stereocenters. The molecule has 1 aliphatic carbocycles. The Bertz CT molecular complexity index is 621. The van der Waals surface area contributed by atoms with E-state index in [0.29, 0.717) is 17.6 Å². The van der Waals surface area contributed by atoms with Crippen molar-refractivity contribution >= 4 is 5.91 Å². The fourth-order valence-corrected chi connectivity index (χ4v) is 2.71. The standard InChI is InChI=1S/C15H19N5O2/c1-22-12-4-2-11(3-5-12)19-15(21)13-8-14(18-9-17-13)20-7-6-16-10-20/h6-12H,2-5H2,1H3,(H,19,21). The Morgan fingerprint density at radius 1 is 1.32 bits per heavy atom. The molecule has 1 saturated carbocycles. The van der Waals surface area contributed by atoms with E-state index in [2.05, 4.69) is 20.3 Å². The number of hydrogen-bond acceptors (Lipinski definition) is 5. The number of carbonyl (C=O) groups is 1. The van der Waals surface area contributed by atoms with Gasteiger partial charge >= 0.3 is 0 Å². The van der Waals surface area contributed by atoms with Crippen LogP contribution in [0.1, 0.15) is 36.2 Å². The summed E-state index contributed by atoms with van der Waals surface area (Å²) in [6.45, 7) is 0. The van der Waals surface area contributed by atoms with Gasteiger partial charge in [0.05, 0.1) is 6.10 Å². The highest BCUT2D eigenvalue weighted by Gasteiger charge is 2.23. The van der Waals surface area contributed by atoms with Gasteiger partial charge in [-0.1, -0.05) is 0 Å². The van der Waals surface area contributed by atoms with E-state index in [1.54, 1.807) is 36.5 Å². The molecule has 0 aromatic carbocycles. The Hall–Kier alpha value is -2.28. The van der Waals surface area contributed by atoms with Gasteiger partial charge in [0.2, 0.25) is 0 Å². The fourth-order valence-electron chi connectivity index (χ4n) is 2.71. The molecule has 1 N–H and O–H groups in total. The largest absolute Gasteiger partial charge is 0.381 e. The van der Waals surface area contributed by atoms with E-state index in [1.165, 1.54) is 6.33 Å². The zero-order chi connectivity index (χ0) is 15.4. The predicted molar refractivity (Wildman–Crippen MR) is 79.7 cm³/mol. The summed E-state index contributed by atoms with van der Waals surface area (Å²) >= 11 is 0. The minimum absolute atomic E-state index is 0.162. The third-order valence-corrected chi connectivity index (χ3v) is 4.00. The maximum Gasteiger partial charge on any atom is 0.270 e. The first kappa shape index (κ1) is 14.6. The van der Waals surface area contributed by atoms with E-state index >= 15 is 0 Å². The number of methoxy groups -OCH3 is 1. The van der Waals surface area contributed by atoms with Crippen molar-refractivity contribution in [3.63, 3.8) is 0 Å². The molecule has 0 aliphatic heterocycles. The van der Waals surface area contributed by atoms with Gasteiger partial charge in [-0.25, -0.2) is 15.0 Å². The van der Waals surface area contributed by atoms with Crippen LogP contribution in [0.25, 0.3) is 5.82 Å². The Morgan fingerprint density at radius 3 is 2.82 bits per heavy atom. The number of amides is 1. The van der Waals surface area contributed by atoms with E-state index in [-0.39, 0.29) is 11.9 Å². The van der Waals surface area contributed by atoms with Gasteiger partial charge in [-0.05, 0) is 25.7 Å². The van der Waals surface area contributed by atoms with Crippen molar-refractivity contribution in [2.45, 2.75) is 37.8 Å². The highest BCUT2D eigenvalue weighted by atomic mass is 16.5. The highest BCUT2D eigenvalue weighted by Crippen LogP contribution is 2.20. The smallest absolute Gasteiger partial charge is 0.270 e. The highest BCUT2D eigenvalue weighted by molar-refractivity contribution is 5.92. The Balaban J connectivity index is 1.64. The predicted octanol–water partition coefficient (Wildman–Crippen LogP) is 1.35. The second-order valence-electron chi connectivity index (χ2n) is 5.41. The molecule has 2 heterocycles. The average molecular weight is 301 g/mol. The topological polar surface area (TPSA) is 81.9 Å². The SMILES string of the molecule is COC1CCC(NC(=O)c2cc(-n3ccnc3)ncn2)CC1. The van der Waals surface area contributed by atoms with Crippen molar-refractivity contribution in [1.82, 2.24) is 24.8 Å².